The molecule has 0 fully saturated rings. The van der Waals surface area contributed by atoms with Gasteiger partial charge in [0.15, 0.2) is 0 Å². The van der Waals surface area contributed by atoms with E-state index in [0.29, 0.717) is 17.9 Å². The number of hydrogen-bond acceptors (Lipinski definition) is 3. The lowest BCUT2D eigenvalue weighted by Gasteiger charge is -2.08. The Labute approximate surface area is 142 Å². The number of nitrogens with one attached hydrogen (secondary N) is 1. The minimum atomic E-state index is -3.49. The summed E-state index contributed by atoms with van der Waals surface area (Å²) in [6.07, 6.45) is 4.38. The van der Waals surface area contributed by atoms with Gasteiger partial charge in [0.05, 0.1) is 4.90 Å². The van der Waals surface area contributed by atoms with E-state index in [4.69, 9.17) is 0 Å². The number of nitrogens with zero attached hydrogens (tertiary/aromatic N) is 2. The van der Waals surface area contributed by atoms with E-state index in [-0.39, 0.29) is 0 Å². The van der Waals surface area contributed by atoms with Crippen LogP contribution >= 0.6 is 0 Å². The zero-order valence-electron chi connectivity index (χ0n) is 14.1. The smallest absolute Gasteiger partial charge is 0.240 e. The van der Waals surface area contributed by atoms with Crippen molar-refractivity contribution in [3.8, 4) is 0 Å². The summed E-state index contributed by atoms with van der Waals surface area (Å²) in [4.78, 5) is 4.66. The van der Waals surface area contributed by atoms with Crippen LogP contribution < -0.4 is 4.72 Å². The van der Waals surface area contributed by atoms with Crippen LogP contribution in [-0.4, -0.2) is 24.5 Å². The SMILES string of the molecule is Cc1ccc(S(=O)(=O)NCCc2cn(C)c3ncccc23)cc1C. The van der Waals surface area contributed by atoms with Crippen molar-refractivity contribution in [3.05, 3.63) is 59.4 Å². The quantitative estimate of drug-likeness (QED) is 0.775. The second-order valence-electron chi connectivity index (χ2n) is 6.03. The van der Waals surface area contributed by atoms with Crippen molar-refractivity contribution in [2.75, 3.05) is 6.54 Å². The Balaban J connectivity index is 1.74. The van der Waals surface area contributed by atoms with Crippen molar-refractivity contribution in [2.24, 2.45) is 7.05 Å². The van der Waals surface area contributed by atoms with Crippen LogP contribution in [0.15, 0.2) is 47.6 Å². The molecule has 0 amide bonds. The van der Waals surface area contributed by atoms with Crippen LogP contribution in [0.3, 0.4) is 0 Å². The van der Waals surface area contributed by atoms with Crippen LogP contribution in [0.25, 0.3) is 11.0 Å². The molecule has 0 bridgehead atoms. The predicted molar refractivity (Wildman–Crippen MR) is 95.5 cm³/mol. The Morgan fingerprint density at radius 1 is 1.17 bits per heavy atom. The summed E-state index contributed by atoms with van der Waals surface area (Å²) in [7, 11) is -1.55. The highest BCUT2D eigenvalue weighted by Crippen LogP contribution is 2.19. The first-order chi connectivity index (χ1) is 11.4. The molecule has 0 unspecified atom stereocenters. The van der Waals surface area contributed by atoms with Crippen molar-refractivity contribution in [1.29, 1.82) is 0 Å². The lowest BCUT2D eigenvalue weighted by atomic mass is 10.1. The summed E-state index contributed by atoms with van der Waals surface area (Å²) in [5, 5.41) is 1.06. The number of rotatable bonds is 5. The zero-order chi connectivity index (χ0) is 17.3. The second-order valence-corrected chi connectivity index (χ2v) is 7.80. The maximum absolute atomic E-state index is 12.4. The van der Waals surface area contributed by atoms with Crippen LogP contribution in [0.5, 0.6) is 0 Å². The molecule has 1 aromatic carbocycles. The van der Waals surface area contributed by atoms with E-state index in [0.717, 1.165) is 27.7 Å². The molecule has 2 heterocycles. The van der Waals surface area contributed by atoms with Gasteiger partial charge in [-0.3, -0.25) is 0 Å². The predicted octanol–water partition coefficient (Wildman–Crippen LogP) is 2.71. The maximum Gasteiger partial charge on any atom is 0.240 e. The van der Waals surface area contributed by atoms with E-state index in [2.05, 4.69) is 9.71 Å². The lowest BCUT2D eigenvalue weighted by Crippen LogP contribution is -2.26. The van der Waals surface area contributed by atoms with Gasteiger partial charge < -0.3 is 4.57 Å². The third-order valence-electron chi connectivity index (χ3n) is 4.29. The number of aryl methyl sites for hydroxylation is 3. The average molecular weight is 343 g/mol. The third-order valence-corrected chi connectivity index (χ3v) is 5.75. The number of hydrogen-bond donors (Lipinski definition) is 1. The monoisotopic (exact) mass is 343 g/mol. The summed E-state index contributed by atoms with van der Waals surface area (Å²) in [6, 6.07) is 9.09. The first-order valence-electron chi connectivity index (χ1n) is 7.84. The van der Waals surface area contributed by atoms with Gasteiger partial charge in [0, 0.05) is 31.4 Å². The molecule has 0 aliphatic carbocycles. The number of fused-ring (bicyclic) bond motifs is 1. The molecule has 24 heavy (non-hydrogen) atoms. The van der Waals surface area contributed by atoms with Gasteiger partial charge in [0.2, 0.25) is 10.0 Å². The summed E-state index contributed by atoms with van der Waals surface area (Å²) in [5.41, 5.74) is 4.04. The van der Waals surface area contributed by atoms with Gasteiger partial charge in [0.25, 0.3) is 0 Å². The van der Waals surface area contributed by atoms with Gasteiger partial charge in [-0.1, -0.05) is 6.07 Å². The lowest BCUT2D eigenvalue weighted by molar-refractivity contribution is 0.581. The number of sulfonamides is 1. The molecule has 0 aliphatic heterocycles. The van der Waals surface area contributed by atoms with Gasteiger partial charge in [-0.25, -0.2) is 18.1 Å². The van der Waals surface area contributed by atoms with Crippen LogP contribution in [0.2, 0.25) is 0 Å². The first-order valence-corrected chi connectivity index (χ1v) is 9.32. The van der Waals surface area contributed by atoms with Gasteiger partial charge in [0.1, 0.15) is 5.65 Å². The molecule has 0 atom stereocenters. The van der Waals surface area contributed by atoms with Crippen LogP contribution in [0.4, 0.5) is 0 Å². The van der Waals surface area contributed by atoms with Gasteiger partial charge in [-0.05, 0) is 61.2 Å². The Kier molecular flexibility index (Phi) is 4.43. The van der Waals surface area contributed by atoms with Crippen LogP contribution in [0, 0.1) is 13.8 Å². The minimum Gasteiger partial charge on any atom is -0.335 e. The molecule has 0 radical (unpaired) electrons. The fraction of sp³-hybridized carbons (Fsp3) is 0.278. The van der Waals surface area contributed by atoms with Crippen molar-refractivity contribution in [2.45, 2.75) is 25.2 Å². The van der Waals surface area contributed by atoms with E-state index < -0.39 is 10.0 Å². The Morgan fingerprint density at radius 2 is 1.96 bits per heavy atom. The molecular weight excluding hydrogens is 322 g/mol. The van der Waals surface area contributed by atoms with E-state index in [1.54, 1.807) is 18.3 Å². The summed E-state index contributed by atoms with van der Waals surface area (Å²) in [5.74, 6) is 0. The number of benzene rings is 1. The van der Waals surface area contributed by atoms with E-state index in [1.165, 1.54) is 0 Å². The Morgan fingerprint density at radius 3 is 2.71 bits per heavy atom. The molecule has 6 heteroatoms. The molecule has 0 aliphatic rings. The third kappa shape index (κ3) is 3.20. The molecule has 0 saturated carbocycles. The molecule has 0 saturated heterocycles. The molecule has 3 rings (SSSR count). The second kappa shape index (κ2) is 6.37. The molecule has 126 valence electrons. The summed E-state index contributed by atoms with van der Waals surface area (Å²) in [6.45, 7) is 4.23. The zero-order valence-corrected chi connectivity index (χ0v) is 14.9. The topological polar surface area (TPSA) is 64.0 Å². The maximum atomic E-state index is 12.4. The molecule has 1 N–H and O–H groups in total. The molecular formula is C18H21N3O2S. The minimum absolute atomic E-state index is 0.310. The van der Waals surface area contributed by atoms with Gasteiger partial charge in [-0.2, -0.15) is 0 Å². The molecule has 0 spiro atoms. The van der Waals surface area contributed by atoms with Crippen molar-refractivity contribution >= 4 is 21.1 Å². The number of aromatic nitrogens is 2. The highest BCUT2D eigenvalue weighted by Gasteiger charge is 2.15. The standard InChI is InChI=1S/C18H21N3O2S/c1-13-6-7-16(11-14(13)2)24(22,23)20-10-8-15-12-21(3)18-17(15)5-4-9-19-18/h4-7,9,11-12,20H,8,10H2,1-3H3. The van der Waals surface area contributed by atoms with E-state index >= 15 is 0 Å². The fourth-order valence-corrected chi connectivity index (χ4v) is 3.89. The normalized spacial score (nSPS) is 12.0. The fourth-order valence-electron chi connectivity index (χ4n) is 2.78. The van der Waals surface area contributed by atoms with Crippen molar-refractivity contribution < 1.29 is 8.42 Å². The molecule has 3 aromatic rings. The van der Waals surface area contributed by atoms with Crippen LogP contribution in [-0.2, 0) is 23.5 Å². The number of pyridine rings is 1. The van der Waals surface area contributed by atoms with Gasteiger partial charge >= 0.3 is 0 Å². The van der Waals surface area contributed by atoms with E-state index in [1.807, 2.05) is 49.9 Å². The van der Waals surface area contributed by atoms with Crippen molar-refractivity contribution in [1.82, 2.24) is 14.3 Å². The average Bonchev–Trinajstić information content (AvgIpc) is 2.87. The Bertz CT molecular complexity index is 991. The molecule has 5 nitrogen and oxygen atoms in total. The van der Waals surface area contributed by atoms with E-state index in [9.17, 15) is 8.42 Å². The van der Waals surface area contributed by atoms with Crippen LogP contribution in [0.1, 0.15) is 16.7 Å². The highest BCUT2D eigenvalue weighted by atomic mass is 32.2. The largest absolute Gasteiger partial charge is 0.335 e. The summed E-state index contributed by atoms with van der Waals surface area (Å²) >= 11 is 0. The highest BCUT2D eigenvalue weighted by molar-refractivity contribution is 7.89. The summed E-state index contributed by atoms with van der Waals surface area (Å²) < 4.78 is 29.5. The van der Waals surface area contributed by atoms with Gasteiger partial charge in [-0.15, -0.1) is 0 Å². The first kappa shape index (κ1) is 16.7. The molecule has 2 aromatic heterocycles. The Hall–Kier alpha value is -2.18. The van der Waals surface area contributed by atoms with Crippen molar-refractivity contribution in [3.63, 3.8) is 0 Å².